The molecule has 0 bridgehead atoms. The third kappa shape index (κ3) is 3.77. The lowest BCUT2D eigenvalue weighted by atomic mass is 10.2. The minimum atomic E-state index is -2.99. The largest absolute Gasteiger partial charge is 0.330 e. The van der Waals surface area contributed by atoms with Crippen LogP contribution in [0.15, 0.2) is 17.5 Å². The van der Waals surface area contributed by atoms with Gasteiger partial charge in [0.05, 0.1) is 11.5 Å². The summed E-state index contributed by atoms with van der Waals surface area (Å²) in [6.45, 7) is 2.27. The van der Waals surface area contributed by atoms with Crippen LogP contribution in [0.2, 0.25) is 0 Å². The van der Waals surface area contributed by atoms with Gasteiger partial charge >= 0.3 is 0 Å². The zero-order chi connectivity index (χ0) is 10.6. The predicted molar refractivity (Wildman–Crippen MR) is 60.0 cm³/mol. The van der Waals surface area contributed by atoms with Gasteiger partial charge in [-0.15, -0.1) is 11.3 Å². The van der Waals surface area contributed by atoms with Gasteiger partial charge in [0.2, 0.25) is 0 Å². The van der Waals surface area contributed by atoms with Crippen molar-refractivity contribution in [2.24, 2.45) is 11.7 Å². The molecule has 1 heterocycles. The van der Waals surface area contributed by atoms with Gasteiger partial charge in [-0.25, -0.2) is 8.42 Å². The van der Waals surface area contributed by atoms with Crippen LogP contribution in [0, 0.1) is 5.92 Å². The molecule has 0 amide bonds. The van der Waals surface area contributed by atoms with Crippen LogP contribution < -0.4 is 5.73 Å². The van der Waals surface area contributed by atoms with Gasteiger partial charge in [-0.05, 0) is 23.9 Å². The SMILES string of the molecule is CC(CN)CS(=O)(=O)Cc1cccs1. The highest BCUT2D eigenvalue weighted by Crippen LogP contribution is 2.14. The molecule has 0 fully saturated rings. The summed E-state index contributed by atoms with van der Waals surface area (Å²) in [6, 6.07) is 3.71. The van der Waals surface area contributed by atoms with Gasteiger partial charge in [0.15, 0.2) is 9.84 Å². The number of thiophene rings is 1. The lowest BCUT2D eigenvalue weighted by Crippen LogP contribution is -2.21. The molecular formula is C9H15NO2S2. The van der Waals surface area contributed by atoms with Gasteiger partial charge in [0.1, 0.15) is 0 Å². The van der Waals surface area contributed by atoms with Gasteiger partial charge in [-0.2, -0.15) is 0 Å². The maximum Gasteiger partial charge on any atom is 0.155 e. The minimum absolute atomic E-state index is 0.0416. The third-order valence-electron chi connectivity index (χ3n) is 1.88. The van der Waals surface area contributed by atoms with Crippen molar-refractivity contribution < 1.29 is 8.42 Å². The molecule has 0 aliphatic heterocycles. The second-order valence-electron chi connectivity index (χ2n) is 3.47. The summed E-state index contributed by atoms with van der Waals surface area (Å²) < 4.78 is 23.2. The van der Waals surface area contributed by atoms with Crippen molar-refractivity contribution in [3.63, 3.8) is 0 Å². The summed E-state index contributed by atoms with van der Waals surface area (Å²) in [6.07, 6.45) is 0. The first kappa shape index (κ1) is 11.7. The summed E-state index contributed by atoms with van der Waals surface area (Å²) in [7, 11) is -2.99. The molecule has 80 valence electrons. The Bertz CT molecular complexity index is 356. The summed E-state index contributed by atoms with van der Waals surface area (Å²) in [5.41, 5.74) is 5.39. The molecule has 1 aromatic heterocycles. The van der Waals surface area contributed by atoms with Crippen LogP contribution >= 0.6 is 11.3 Å². The van der Waals surface area contributed by atoms with Gasteiger partial charge < -0.3 is 5.73 Å². The van der Waals surface area contributed by atoms with E-state index in [1.165, 1.54) is 11.3 Å². The van der Waals surface area contributed by atoms with Crippen molar-refractivity contribution in [1.82, 2.24) is 0 Å². The Kier molecular flexibility index (Phi) is 4.10. The second kappa shape index (κ2) is 4.91. The van der Waals surface area contributed by atoms with Gasteiger partial charge in [-0.3, -0.25) is 0 Å². The summed E-state index contributed by atoms with van der Waals surface area (Å²) >= 11 is 1.47. The predicted octanol–water partition coefficient (Wildman–Crippen LogP) is 1.26. The van der Waals surface area contributed by atoms with Crippen LogP contribution in [0.5, 0.6) is 0 Å². The average Bonchev–Trinajstić information content (AvgIpc) is 2.54. The highest BCUT2D eigenvalue weighted by molar-refractivity contribution is 7.90. The van der Waals surface area contributed by atoms with Gasteiger partial charge in [-0.1, -0.05) is 13.0 Å². The molecule has 0 aliphatic carbocycles. The summed E-state index contributed by atoms with van der Waals surface area (Å²) in [5, 5.41) is 1.89. The van der Waals surface area contributed by atoms with Crippen LogP contribution in [0.4, 0.5) is 0 Å². The minimum Gasteiger partial charge on any atom is -0.330 e. The van der Waals surface area contributed by atoms with Gasteiger partial charge in [0.25, 0.3) is 0 Å². The number of nitrogens with two attached hydrogens (primary N) is 1. The Hall–Kier alpha value is -0.390. The van der Waals surface area contributed by atoms with E-state index in [9.17, 15) is 8.42 Å². The van der Waals surface area contributed by atoms with Crippen LogP contribution in [0.25, 0.3) is 0 Å². The van der Waals surface area contributed by atoms with Crippen molar-refractivity contribution in [2.45, 2.75) is 12.7 Å². The second-order valence-corrected chi connectivity index (χ2v) is 6.62. The topological polar surface area (TPSA) is 60.2 Å². The lowest BCUT2D eigenvalue weighted by Gasteiger charge is -2.08. The zero-order valence-electron chi connectivity index (χ0n) is 8.14. The van der Waals surface area contributed by atoms with Gasteiger partial charge in [0, 0.05) is 4.88 Å². The van der Waals surface area contributed by atoms with Crippen LogP contribution in [-0.4, -0.2) is 20.7 Å². The Morgan fingerprint density at radius 3 is 2.79 bits per heavy atom. The standard InChI is InChI=1S/C9H15NO2S2/c1-8(5-10)6-14(11,12)7-9-3-2-4-13-9/h2-4,8H,5-7,10H2,1H3. The molecule has 14 heavy (non-hydrogen) atoms. The Labute approximate surface area is 88.9 Å². The first-order chi connectivity index (χ1) is 6.53. The number of hydrogen-bond acceptors (Lipinski definition) is 4. The molecule has 0 saturated carbocycles. The Balaban J connectivity index is 2.59. The fourth-order valence-electron chi connectivity index (χ4n) is 1.17. The molecule has 2 N–H and O–H groups in total. The zero-order valence-corrected chi connectivity index (χ0v) is 9.77. The molecule has 0 spiro atoms. The van der Waals surface area contributed by atoms with E-state index in [1.54, 1.807) is 0 Å². The van der Waals surface area contributed by atoms with Crippen LogP contribution in [-0.2, 0) is 15.6 Å². The number of sulfone groups is 1. The van der Waals surface area contributed by atoms with E-state index >= 15 is 0 Å². The molecular weight excluding hydrogens is 218 g/mol. The number of rotatable bonds is 5. The van der Waals surface area contributed by atoms with Crippen molar-refractivity contribution in [3.8, 4) is 0 Å². The lowest BCUT2D eigenvalue weighted by molar-refractivity contribution is 0.573. The molecule has 1 atom stereocenters. The van der Waals surface area contributed by atoms with E-state index in [2.05, 4.69) is 0 Å². The van der Waals surface area contributed by atoms with Crippen LogP contribution in [0.3, 0.4) is 0 Å². The fourth-order valence-corrected chi connectivity index (χ4v) is 4.12. The Morgan fingerprint density at radius 2 is 2.29 bits per heavy atom. The van der Waals surface area contributed by atoms with E-state index in [4.69, 9.17) is 5.73 Å². The summed E-state index contributed by atoms with van der Waals surface area (Å²) in [4.78, 5) is 0.897. The fraction of sp³-hybridized carbons (Fsp3) is 0.556. The van der Waals surface area contributed by atoms with Crippen molar-refractivity contribution in [3.05, 3.63) is 22.4 Å². The molecule has 1 unspecified atom stereocenters. The third-order valence-corrected chi connectivity index (χ3v) is 4.77. The first-order valence-corrected chi connectivity index (χ1v) is 7.16. The average molecular weight is 233 g/mol. The Morgan fingerprint density at radius 1 is 1.57 bits per heavy atom. The van der Waals surface area contributed by atoms with Crippen molar-refractivity contribution in [2.75, 3.05) is 12.3 Å². The van der Waals surface area contributed by atoms with Crippen molar-refractivity contribution >= 4 is 21.2 Å². The highest BCUT2D eigenvalue weighted by Gasteiger charge is 2.15. The van der Waals surface area contributed by atoms with Crippen molar-refractivity contribution in [1.29, 1.82) is 0 Å². The molecule has 0 aliphatic rings. The van der Waals surface area contributed by atoms with Crippen LogP contribution in [0.1, 0.15) is 11.8 Å². The molecule has 1 rings (SSSR count). The molecule has 0 aromatic carbocycles. The normalized spacial score (nSPS) is 14.1. The quantitative estimate of drug-likeness (QED) is 0.833. The molecule has 0 saturated heterocycles. The molecule has 1 aromatic rings. The smallest absolute Gasteiger partial charge is 0.155 e. The highest BCUT2D eigenvalue weighted by atomic mass is 32.2. The van der Waals surface area contributed by atoms with E-state index in [0.29, 0.717) is 6.54 Å². The summed E-state index contributed by atoms with van der Waals surface area (Å²) in [5.74, 6) is 0.371. The molecule has 5 heteroatoms. The monoisotopic (exact) mass is 233 g/mol. The molecule has 3 nitrogen and oxygen atoms in total. The molecule has 0 radical (unpaired) electrons. The van der Waals surface area contributed by atoms with E-state index in [0.717, 1.165) is 4.88 Å². The number of hydrogen-bond donors (Lipinski definition) is 1. The van der Waals surface area contributed by atoms with E-state index in [1.807, 2.05) is 24.4 Å². The maximum atomic E-state index is 11.6. The maximum absolute atomic E-state index is 11.6. The first-order valence-electron chi connectivity index (χ1n) is 4.46. The van der Waals surface area contributed by atoms with E-state index < -0.39 is 9.84 Å². The van der Waals surface area contributed by atoms with E-state index in [-0.39, 0.29) is 17.4 Å².